The first-order valence-corrected chi connectivity index (χ1v) is 15.2. The van der Waals surface area contributed by atoms with Gasteiger partial charge in [-0.2, -0.15) is 5.10 Å². The number of para-hydroxylation sites is 1. The fourth-order valence-corrected chi connectivity index (χ4v) is 5.54. The Balaban J connectivity index is 1.18. The van der Waals surface area contributed by atoms with E-state index in [4.69, 9.17) is 4.98 Å². The average Bonchev–Trinajstić information content (AvgIpc) is 3.69. The third-order valence-electron chi connectivity index (χ3n) is 7.81. The Morgan fingerprint density at radius 1 is 0.894 bits per heavy atom. The number of pyridine rings is 2. The highest BCUT2D eigenvalue weighted by Crippen LogP contribution is 2.34. The fourth-order valence-electron chi connectivity index (χ4n) is 5.54. The van der Waals surface area contributed by atoms with Gasteiger partial charge in [0.05, 0.1) is 34.7 Å². The Morgan fingerprint density at radius 2 is 1.72 bits per heavy atom. The second-order valence-electron chi connectivity index (χ2n) is 11.6. The summed E-state index contributed by atoms with van der Waals surface area (Å²) in [6.07, 6.45) is 5.35. The molecular formula is C36H32FN9O. The number of anilines is 2. The number of fused-ring (bicyclic) bond motifs is 2. The number of likely N-dealkylation sites (N-methyl/N-ethyl adjacent to an activating group) is 1. The van der Waals surface area contributed by atoms with Crippen molar-refractivity contribution in [2.45, 2.75) is 6.42 Å². The number of aromatic amines is 2. The number of aromatic nitrogens is 6. The lowest BCUT2D eigenvalue weighted by Gasteiger charge is -2.13. The number of nitrogens with one attached hydrogen (secondary N) is 4. The van der Waals surface area contributed by atoms with Crippen LogP contribution in [0.25, 0.3) is 55.8 Å². The Kier molecular flexibility index (Phi) is 8.11. The van der Waals surface area contributed by atoms with Gasteiger partial charge in [-0.15, -0.1) is 0 Å². The van der Waals surface area contributed by atoms with Gasteiger partial charge in [0.15, 0.2) is 11.5 Å². The summed E-state index contributed by atoms with van der Waals surface area (Å²) < 4.78 is 14.7. The normalized spacial score (nSPS) is 11.4. The second-order valence-corrected chi connectivity index (χ2v) is 11.6. The van der Waals surface area contributed by atoms with E-state index in [1.165, 1.54) is 12.1 Å². The van der Waals surface area contributed by atoms with Crippen molar-refractivity contribution in [2.75, 3.05) is 37.8 Å². The second kappa shape index (κ2) is 12.8. The summed E-state index contributed by atoms with van der Waals surface area (Å²) >= 11 is 0. The molecule has 1 amide bonds. The van der Waals surface area contributed by atoms with Crippen LogP contribution in [0.15, 0.2) is 97.5 Å². The third kappa shape index (κ3) is 6.56. The minimum atomic E-state index is -0.325. The van der Waals surface area contributed by atoms with E-state index < -0.39 is 0 Å². The van der Waals surface area contributed by atoms with Crippen molar-refractivity contribution in [3.63, 3.8) is 0 Å². The van der Waals surface area contributed by atoms with Crippen LogP contribution in [0.2, 0.25) is 0 Å². The van der Waals surface area contributed by atoms with Crippen LogP contribution in [0.3, 0.4) is 0 Å². The van der Waals surface area contributed by atoms with Crippen LogP contribution < -0.4 is 10.6 Å². The van der Waals surface area contributed by atoms with Crippen molar-refractivity contribution in [3.05, 3.63) is 109 Å². The third-order valence-corrected chi connectivity index (χ3v) is 7.81. The molecule has 0 saturated carbocycles. The number of nitrogens with zero attached hydrogens (tertiary/aromatic N) is 5. The number of hydrogen-bond acceptors (Lipinski definition) is 7. The molecule has 4 heterocycles. The van der Waals surface area contributed by atoms with E-state index in [0.717, 1.165) is 45.3 Å². The van der Waals surface area contributed by atoms with E-state index in [0.29, 0.717) is 40.6 Å². The Morgan fingerprint density at radius 3 is 2.57 bits per heavy atom. The molecule has 0 unspecified atom stereocenters. The number of carbonyl (C=O) groups is 1. The molecule has 234 valence electrons. The molecule has 0 atom stereocenters. The summed E-state index contributed by atoms with van der Waals surface area (Å²) in [6, 6.07) is 24.2. The van der Waals surface area contributed by atoms with Gasteiger partial charge in [0.25, 0.3) is 0 Å². The predicted molar refractivity (Wildman–Crippen MR) is 183 cm³/mol. The molecule has 0 aliphatic heterocycles. The molecule has 0 aliphatic rings. The van der Waals surface area contributed by atoms with Crippen LogP contribution in [0.4, 0.5) is 15.8 Å². The minimum absolute atomic E-state index is 0.125. The van der Waals surface area contributed by atoms with E-state index in [-0.39, 0.29) is 18.1 Å². The van der Waals surface area contributed by atoms with Crippen LogP contribution in [0.1, 0.15) is 5.56 Å². The van der Waals surface area contributed by atoms with Gasteiger partial charge in [0.2, 0.25) is 5.91 Å². The molecule has 10 nitrogen and oxygen atoms in total. The topological polar surface area (TPSA) is 128 Å². The zero-order chi connectivity index (χ0) is 32.3. The van der Waals surface area contributed by atoms with Crippen molar-refractivity contribution in [1.29, 1.82) is 0 Å². The lowest BCUT2D eigenvalue weighted by atomic mass is 10.0. The smallest absolute Gasteiger partial charge is 0.228 e. The number of amides is 1. The number of H-pyrrole nitrogens is 2. The van der Waals surface area contributed by atoms with Gasteiger partial charge in [0.1, 0.15) is 11.5 Å². The summed E-state index contributed by atoms with van der Waals surface area (Å²) in [6.45, 7) is 1.52. The average molecular weight is 626 g/mol. The molecule has 0 saturated heterocycles. The summed E-state index contributed by atoms with van der Waals surface area (Å²) in [5.41, 5.74) is 8.05. The number of benzene rings is 3. The summed E-state index contributed by atoms with van der Waals surface area (Å²) in [5.74, 6) is 0.104. The quantitative estimate of drug-likeness (QED) is 0.136. The molecule has 7 aromatic rings. The number of hydrogen-bond donors (Lipinski definition) is 4. The van der Waals surface area contributed by atoms with Gasteiger partial charge in [0, 0.05) is 47.9 Å². The maximum absolute atomic E-state index is 14.7. The summed E-state index contributed by atoms with van der Waals surface area (Å²) in [7, 11) is 4.00. The van der Waals surface area contributed by atoms with Gasteiger partial charge in [-0.05, 0) is 61.6 Å². The minimum Gasteiger partial charge on any atom is -0.384 e. The summed E-state index contributed by atoms with van der Waals surface area (Å²) in [5, 5.41) is 14.6. The Bertz CT molecular complexity index is 2210. The van der Waals surface area contributed by atoms with Gasteiger partial charge >= 0.3 is 0 Å². The van der Waals surface area contributed by atoms with Crippen LogP contribution in [0.5, 0.6) is 0 Å². The van der Waals surface area contributed by atoms with E-state index in [9.17, 15) is 9.18 Å². The number of imidazole rings is 1. The van der Waals surface area contributed by atoms with Crippen molar-refractivity contribution in [1.82, 2.24) is 35.0 Å². The lowest BCUT2D eigenvalue weighted by Crippen LogP contribution is -2.20. The number of carbonyl (C=O) groups excluding carboxylic acids is 1. The molecule has 7 rings (SSSR count). The maximum Gasteiger partial charge on any atom is 0.228 e. The van der Waals surface area contributed by atoms with E-state index >= 15 is 0 Å². The van der Waals surface area contributed by atoms with Crippen molar-refractivity contribution >= 4 is 39.3 Å². The van der Waals surface area contributed by atoms with Gasteiger partial charge < -0.3 is 20.5 Å². The standard InChI is InChI=1S/C36H32FN9O/c1-46(2)12-11-39-27-15-23(14-26(37)18-27)29-9-6-10-31-33(29)43-36(42-31)34-30-17-25(20-40-35(30)45-44-34)24-16-28(21-38-19-24)41-32(47)13-22-7-4-3-5-8-22/h3-10,14-21,39H,11-13H2,1-2H3,(H,41,47)(H,42,43)(H,40,44,45). The molecule has 0 bridgehead atoms. The molecule has 47 heavy (non-hydrogen) atoms. The first kappa shape index (κ1) is 29.8. The summed E-state index contributed by atoms with van der Waals surface area (Å²) in [4.78, 5) is 32.0. The zero-order valence-corrected chi connectivity index (χ0v) is 25.9. The molecule has 4 N–H and O–H groups in total. The SMILES string of the molecule is CN(C)CCNc1cc(F)cc(-c2cccc3[nH]c(-c4n[nH]c5ncc(-c6cncc(NC(=O)Cc7ccccc7)c6)cc45)nc23)c1. The molecule has 0 fully saturated rings. The monoisotopic (exact) mass is 625 g/mol. The van der Waals surface area contributed by atoms with Crippen molar-refractivity contribution in [2.24, 2.45) is 0 Å². The van der Waals surface area contributed by atoms with Crippen molar-refractivity contribution < 1.29 is 9.18 Å². The van der Waals surface area contributed by atoms with Crippen LogP contribution >= 0.6 is 0 Å². The highest BCUT2D eigenvalue weighted by atomic mass is 19.1. The molecule has 4 aromatic heterocycles. The Hall–Kier alpha value is -5.94. The van der Waals surface area contributed by atoms with Gasteiger partial charge in [-0.1, -0.05) is 42.5 Å². The molecule has 0 aliphatic carbocycles. The molecule has 3 aromatic carbocycles. The van der Waals surface area contributed by atoms with Gasteiger partial charge in [-0.3, -0.25) is 14.9 Å². The Labute approximate surface area is 270 Å². The fraction of sp³-hybridized carbons (Fsp3) is 0.139. The van der Waals surface area contributed by atoms with Crippen molar-refractivity contribution in [3.8, 4) is 33.8 Å². The zero-order valence-electron chi connectivity index (χ0n) is 25.9. The lowest BCUT2D eigenvalue weighted by molar-refractivity contribution is -0.115. The van der Waals surface area contributed by atoms with E-state index in [2.05, 4.69) is 40.7 Å². The van der Waals surface area contributed by atoms with Crippen LogP contribution in [-0.4, -0.2) is 68.1 Å². The number of rotatable bonds is 10. The first-order chi connectivity index (χ1) is 22.9. The van der Waals surface area contributed by atoms with Gasteiger partial charge in [-0.25, -0.2) is 14.4 Å². The van der Waals surface area contributed by atoms with E-state index in [1.807, 2.05) is 80.8 Å². The first-order valence-electron chi connectivity index (χ1n) is 15.2. The highest BCUT2D eigenvalue weighted by Gasteiger charge is 2.17. The molecule has 0 spiro atoms. The predicted octanol–water partition coefficient (Wildman–Crippen LogP) is 6.52. The largest absolute Gasteiger partial charge is 0.384 e. The maximum atomic E-state index is 14.7. The van der Waals surface area contributed by atoms with Crippen LogP contribution in [-0.2, 0) is 11.2 Å². The highest BCUT2D eigenvalue weighted by molar-refractivity contribution is 5.98. The molecule has 11 heteroatoms. The molecular weight excluding hydrogens is 593 g/mol. The van der Waals surface area contributed by atoms with E-state index in [1.54, 1.807) is 18.6 Å². The molecule has 0 radical (unpaired) electrons. The number of halogens is 1. The van der Waals surface area contributed by atoms with Crippen LogP contribution in [0, 0.1) is 5.82 Å².